The Labute approximate surface area is 264 Å². The zero-order valence-electron chi connectivity index (χ0n) is 25.5. The van der Waals surface area contributed by atoms with Crippen LogP contribution >= 0.6 is 11.3 Å². The number of furan rings is 1. The average Bonchev–Trinajstić information content (AvgIpc) is 3.57. The molecule has 0 saturated carbocycles. The number of hydrogen-bond donors (Lipinski definition) is 4. The van der Waals surface area contributed by atoms with Crippen molar-refractivity contribution in [2.45, 2.75) is 51.4 Å². The van der Waals surface area contributed by atoms with Gasteiger partial charge in [-0.05, 0) is 80.6 Å². The Balaban J connectivity index is 0.993. The Morgan fingerprint density at radius 1 is 1.16 bits per heavy atom. The third-order valence-corrected chi connectivity index (χ3v) is 9.91. The first-order chi connectivity index (χ1) is 21.6. The highest BCUT2D eigenvalue weighted by Crippen LogP contribution is 2.33. The van der Waals surface area contributed by atoms with Gasteiger partial charge in [0.05, 0.1) is 29.6 Å². The van der Waals surface area contributed by atoms with Crippen LogP contribution in [-0.2, 0) is 17.7 Å². The number of carbonyl (C=O) groups excluding carboxylic acids is 1. The van der Waals surface area contributed by atoms with Crippen molar-refractivity contribution in [3.8, 4) is 5.75 Å². The van der Waals surface area contributed by atoms with Crippen molar-refractivity contribution in [1.29, 1.82) is 0 Å². The fraction of sp³-hybridized carbons (Fsp3) is 0.455. The number of carbonyl (C=O) groups is 1. The van der Waals surface area contributed by atoms with Gasteiger partial charge in [0.25, 0.3) is 5.91 Å². The molecule has 2 aliphatic heterocycles. The predicted molar refractivity (Wildman–Crippen MR) is 169 cm³/mol. The molecule has 0 bridgehead atoms. The molecule has 1 atom stereocenters. The smallest absolute Gasteiger partial charge is 0.305 e. The molecule has 0 radical (unpaired) electrons. The molecule has 2 aromatic heterocycles. The molecule has 2 aromatic carbocycles. The summed E-state index contributed by atoms with van der Waals surface area (Å²) in [6.07, 6.45) is 1.28. The van der Waals surface area contributed by atoms with E-state index in [1.807, 2.05) is 24.8 Å². The molecule has 2 saturated heterocycles. The minimum absolute atomic E-state index is 0.0325. The lowest BCUT2D eigenvalue weighted by Gasteiger charge is -2.47. The summed E-state index contributed by atoms with van der Waals surface area (Å²) in [6.45, 7) is 8.33. The molecule has 4 heterocycles. The van der Waals surface area contributed by atoms with E-state index in [-0.39, 0.29) is 34.5 Å². The lowest BCUT2D eigenvalue weighted by Crippen LogP contribution is -2.57. The first-order valence-electron chi connectivity index (χ1n) is 15.3. The zero-order chi connectivity index (χ0) is 31.7. The van der Waals surface area contributed by atoms with E-state index < -0.39 is 6.10 Å². The average molecular weight is 639 g/mol. The van der Waals surface area contributed by atoms with E-state index in [0.717, 1.165) is 59.7 Å². The van der Waals surface area contributed by atoms with Crippen LogP contribution in [0.5, 0.6) is 5.75 Å². The number of phenols is 1. The van der Waals surface area contributed by atoms with Crippen molar-refractivity contribution >= 4 is 27.5 Å². The molecule has 4 aromatic rings. The molecule has 12 heteroatoms. The van der Waals surface area contributed by atoms with Gasteiger partial charge in [0.15, 0.2) is 5.76 Å². The molecule has 1 amide bonds. The SMILES string of the molecule is Cc1cc(C(=O)N2CCOC3(CCN(Cc4cc(F)cc(CCNC[C@H](O)c5ccc(O)c6[nH]c(=O)sc56)c4)CC3)C2)oc1C. The van der Waals surface area contributed by atoms with Gasteiger partial charge < -0.3 is 34.6 Å². The summed E-state index contributed by atoms with van der Waals surface area (Å²) >= 11 is 0.952. The number of rotatable bonds is 9. The first-order valence-corrected chi connectivity index (χ1v) is 16.2. The number of phenolic OH excluding ortho intramolecular Hbond substituents is 1. The monoisotopic (exact) mass is 638 g/mol. The maximum absolute atomic E-state index is 14.6. The highest BCUT2D eigenvalue weighted by atomic mass is 32.1. The van der Waals surface area contributed by atoms with E-state index in [0.29, 0.717) is 60.7 Å². The second-order valence-corrected chi connectivity index (χ2v) is 13.2. The van der Waals surface area contributed by atoms with Gasteiger partial charge in [-0.25, -0.2) is 4.39 Å². The number of aromatic hydroxyl groups is 1. The number of aromatic amines is 1. The van der Waals surface area contributed by atoms with Gasteiger partial charge in [0.2, 0.25) is 0 Å². The molecule has 0 unspecified atom stereocenters. The van der Waals surface area contributed by atoms with Crippen LogP contribution < -0.4 is 10.2 Å². The van der Waals surface area contributed by atoms with Crippen LogP contribution in [-0.4, -0.2) is 82.4 Å². The maximum atomic E-state index is 14.6. The molecule has 4 N–H and O–H groups in total. The van der Waals surface area contributed by atoms with Crippen LogP contribution in [0.2, 0.25) is 0 Å². The summed E-state index contributed by atoms with van der Waals surface area (Å²) in [4.78, 5) is 31.3. The van der Waals surface area contributed by atoms with Gasteiger partial charge in [-0.15, -0.1) is 0 Å². The van der Waals surface area contributed by atoms with E-state index in [9.17, 15) is 24.2 Å². The summed E-state index contributed by atoms with van der Waals surface area (Å²) in [7, 11) is 0. The zero-order valence-corrected chi connectivity index (χ0v) is 26.3. The van der Waals surface area contributed by atoms with Crippen molar-refractivity contribution in [2.75, 3.05) is 45.9 Å². The minimum atomic E-state index is -0.873. The number of aliphatic hydroxyl groups excluding tert-OH is 1. The van der Waals surface area contributed by atoms with Crippen molar-refractivity contribution < 1.29 is 28.6 Å². The lowest BCUT2D eigenvalue weighted by molar-refractivity contribution is -0.128. The van der Waals surface area contributed by atoms with E-state index in [2.05, 4.69) is 15.2 Å². The summed E-state index contributed by atoms with van der Waals surface area (Å²) in [6, 6.07) is 10.0. The number of nitrogens with one attached hydrogen (secondary N) is 2. The number of halogens is 1. The second kappa shape index (κ2) is 13.1. The second-order valence-electron chi connectivity index (χ2n) is 12.2. The van der Waals surface area contributed by atoms with Crippen LogP contribution in [0.3, 0.4) is 0 Å². The number of morpholine rings is 1. The van der Waals surface area contributed by atoms with Gasteiger partial charge in [-0.3, -0.25) is 14.5 Å². The third kappa shape index (κ3) is 7.00. The molecule has 1 spiro atoms. The van der Waals surface area contributed by atoms with Gasteiger partial charge in [-0.2, -0.15) is 0 Å². The number of aryl methyl sites for hydroxylation is 2. The van der Waals surface area contributed by atoms with E-state index in [1.54, 1.807) is 18.2 Å². The highest BCUT2D eigenvalue weighted by molar-refractivity contribution is 7.16. The normalized spacial score (nSPS) is 17.7. The van der Waals surface area contributed by atoms with Crippen LogP contribution in [0, 0.1) is 19.7 Å². The van der Waals surface area contributed by atoms with Gasteiger partial charge >= 0.3 is 4.87 Å². The third-order valence-electron chi connectivity index (χ3n) is 8.98. The van der Waals surface area contributed by atoms with E-state index in [1.165, 1.54) is 12.1 Å². The number of likely N-dealkylation sites (tertiary alicyclic amines) is 1. The van der Waals surface area contributed by atoms with Gasteiger partial charge in [0.1, 0.15) is 22.8 Å². The molecule has 6 rings (SSSR count). The fourth-order valence-corrected chi connectivity index (χ4v) is 7.29. The standard InChI is InChI=1S/C33H39FN4O6S/c1-20-13-28(44-21(20)2)31(41)38-11-12-43-33(19-38)6-9-37(10-7-33)18-23-14-22(15-24(34)16-23)5-8-35-17-27(40)25-3-4-26(39)29-30(25)45-32(42)36-29/h3-4,13-16,27,35,39-40H,5-12,17-19H2,1-2H3,(H,36,42)/t27-/m0/s1. The number of aromatic nitrogens is 1. The number of piperidine rings is 1. The molecule has 45 heavy (non-hydrogen) atoms. The predicted octanol–water partition coefficient (Wildman–Crippen LogP) is 4.02. The summed E-state index contributed by atoms with van der Waals surface area (Å²) in [5.41, 5.74) is 3.25. The number of hydrogen-bond acceptors (Lipinski definition) is 9. The summed E-state index contributed by atoms with van der Waals surface area (Å²) in [5.74, 6) is 0.732. The number of benzene rings is 2. The Morgan fingerprint density at radius 3 is 2.69 bits per heavy atom. The highest BCUT2D eigenvalue weighted by Gasteiger charge is 2.41. The van der Waals surface area contributed by atoms with E-state index >= 15 is 0 Å². The van der Waals surface area contributed by atoms with E-state index in [4.69, 9.17) is 9.15 Å². The Kier molecular flexibility index (Phi) is 9.12. The van der Waals surface area contributed by atoms with Crippen LogP contribution in [0.4, 0.5) is 4.39 Å². The molecule has 240 valence electrons. The number of ether oxygens (including phenoxy) is 1. The molecule has 0 aliphatic carbocycles. The Morgan fingerprint density at radius 2 is 1.93 bits per heavy atom. The van der Waals surface area contributed by atoms with Crippen LogP contribution in [0.1, 0.15) is 57.5 Å². The number of H-pyrrole nitrogens is 1. The van der Waals surface area contributed by atoms with Gasteiger partial charge in [-0.1, -0.05) is 23.5 Å². The molecular formula is C33H39FN4O6S. The maximum Gasteiger partial charge on any atom is 0.305 e. The summed E-state index contributed by atoms with van der Waals surface area (Å²) in [5, 5.41) is 23.9. The first kappa shape index (κ1) is 31.4. The Hall–Kier alpha value is -3.55. The summed E-state index contributed by atoms with van der Waals surface area (Å²) < 4.78 is 27.1. The van der Waals surface area contributed by atoms with Crippen molar-refractivity contribution in [1.82, 2.24) is 20.1 Å². The number of amides is 1. The van der Waals surface area contributed by atoms with Crippen LogP contribution in [0.25, 0.3) is 10.2 Å². The quantitative estimate of drug-likeness (QED) is 0.202. The number of nitrogens with zero attached hydrogens (tertiary/aromatic N) is 2. The molecule has 10 nitrogen and oxygen atoms in total. The van der Waals surface area contributed by atoms with Crippen molar-refractivity contribution in [2.24, 2.45) is 0 Å². The Bertz CT molecular complexity index is 1720. The van der Waals surface area contributed by atoms with Crippen molar-refractivity contribution in [3.63, 3.8) is 0 Å². The molecule has 2 fully saturated rings. The topological polar surface area (TPSA) is 131 Å². The lowest BCUT2D eigenvalue weighted by atomic mass is 9.89. The van der Waals surface area contributed by atoms with Crippen molar-refractivity contribution in [3.05, 3.63) is 85.7 Å². The molecular weight excluding hydrogens is 599 g/mol. The fourth-order valence-electron chi connectivity index (χ4n) is 6.37. The van der Waals surface area contributed by atoms with Crippen LogP contribution in [0.15, 0.2) is 45.6 Å². The largest absolute Gasteiger partial charge is 0.506 e. The molecule has 2 aliphatic rings. The van der Waals surface area contributed by atoms with Gasteiger partial charge in [0, 0.05) is 38.3 Å². The number of thiazole rings is 1. The number of aliphatic hydroxyl groups is 1. The minimum Gasteiger partial charge on any atom is -0.506 e. The number of fused-ring (bicyclic) bond motifs is 1.